The maximum Gasteiger partial charge on any atom is 0.262 e. The van der Waals surface area contributed by atoms with Crippen LogP contribution >= 0.6 is 0 Å². The van der Waals surface area contributed by atoms with Crippen molar-refractivity contribution in [2.24, 2.45) is 5.10 Å². The molecule has 5 nitrogen and oxygen atoms in total. The molecule has 0 fully saturated rings. The molecule has 2 aromatic rings. The highest BCUT2D eigenvalue weighted by Crippen LogP contribution is 2.12. The highest BCUT2D eigenvalue weighted by molar-refractivity contribution is 5.99. The van der Waals surface area contributed by atoms with Crippen molar-refractivity contribution in [1.82, 2.24) is 5.43 Å². The summed E-state index contributed by atoms with van der Waals surface area (Å²) >= 11 is 0. The second-order valence-electron chi connectivity index (χ2n) is 5.63. The smallest absolute Gasteiger partial charge is 0.262 e. The van der Waals surface area contributed by atoms with Gasteiger partial charge in [-0.2, -0.15) is 5.10 Å². The fraction of sp³-hybridized carbons (Fsp3) is 0.263. The summed E-state index contributed by atoms with van der Waals surface area (Å²) < 4.78 is 5.12. The molecule has 0 aliphatic rings. The number of nitrogens with one attached hydrogen (secondary N) is 2. The topological polar surface area (TPSA) is 62.7 Å². The van der Waals surface area contributed by atoms with Gasteiger partial charge in [0.25, 0.3) is 5.91 Å². The Morgan fingerprint density at radius 3 is 2.29 bits per heavy atom. The lowest BCUT2D eigenvalue weighted by Gasteiger charge is -2.14. The number of anilines is 1. The van der Waals surface area contributed by atoms with Gasteiger partial charge >= 0.3 is 0 Å². The summed E-state index contributed by atoms with van der Waals surface area (Å²) in [7, 11) is 1.62. The SMILES string of the molecule is COc1ccc(C(C)=NNC(=O)[C@@H](C)Nc2ccc(C)cc2)cc1. The molecule has 2 aromatic carbocycles. The van der Waals surface area contributed by atoms with Crippen LogP contribution in [0.15, 0.2) is 53.6 Å². The van der Waals surface area contributed by atoms with E-state index in [1.54, 1.807) is 14.0 Å². The molecule has 126 valence electrons. The van der Waals surface area contributed by atoms with Crippen LogP contribution < -0.4 is 15.5 Å². The Kier molecular flexibility index (Phi) is 5.95. The first-order chi connectivity index (χ1) is 11.5. The Balaban J connectivity index is 1.93. The van der Waals surface area contributed by atoms with Crippen LogP contribution in [0.5, 0.6) is 5.75 Å². The van der Waals surface area contributed by atoms with Crippen LogP contribution in [-0.2, 0) is 4.79 Å². The van der Waals surface area contributed by atoms with Crippen molar-refractivity contribution in [2.45, 2.75) is 26.8 Å². The normalized spacial score (nSPS) is 12.4. The summed E-state index contributed by atoms with van der Waals surface area (Å²) in [5.74, 6) is 0.593. The first-order valence-corrected chi connectivity index (χ1v) is 7.81. The number of methoxy groups -OCH3 is 1. The molecule has 0 radical (unpaired) electrons. The number of rotatable bonds is 6. The predicted octanol–water partition coefficient (Wildman–Crippen LogP) is 3.34. The molecule has 0 saturated carbocycles. The highest BCUT2D eigenvalue weighted by Gasteiger charge is 2.12. The summed E-state index contributed by atoms with van der Waals surface area (Å²) in [6.45, 7) is 5.67. The number of aryl methyl sites for hydroxylation is 1. The Bertz CT molecular complexity index is 706. The number of carbonyl (C=O) groups is 1. The largest absolute Gasteiger partial charge is 0.497 e. The fourth-order valence-electron chi connectivity index (χ4n) is 2.10. The second-order valence-corrected chi connectivity index (χ2v) is 5.63. The van der Waals surface area contributed by atoms with Crippen molar-refractivity contribution in [1.29, 1.82) is 0 Å². The van der Waals surface area contributed by atoms with Gasteiger partial charge in [0.05, 0.1) is 12.8 Å². The molecule has 1 amide bonds. The minimum atomic E-state index is -0.389. The predicted molar refractivity (Wildman–Crippen MR) is 97.6 cm³/mol. The van der Waals surface area contributed by atoms with E-state index in [9.17, 15) is 4.79 Å². The maximum absolute atomic E-state index is 12.1. The highest BCUT2D eigenvalue weighted by atomic mass is 16.5. The number of hydrogen-bond acceptors (Lipinski definition) is 4. The van der Waals surface area contributed by atoms with Crippen molar-refractivity contribution >= 4 is 17.3 Å². The number of carbonyl (C=O) groups excluding carboxylic acids is 1. The molecule has 1 atom stereocenters. The van der Waals surface area contributed by atoms with Crippen molar-refractivity contribution in [3.63, 3.8) is 0 Å². The van der Waals surface area contributed by atoms with Crippen LogP contribution in [0.25, 0.3) is 0 Å². The number of benzene rings is 2. The van der Waals surface area contributed by atoms with Crippen LogP contribution in [0, 0.1) is 6.92 Å². The fourth-order valence-corrected chi connectivity index (χ4v) is 2.10. The van der Waals surface area contributed by atoms with Gasteiger partial charge in [0.2, 0.25) is 0 Å². The lowest BCUT2D eigenvalue weighted by atomic mass is 10.1. The quantitative estimate of drug-likeness (QED) is 0.632. The third-order valence-corrected chi connectivity index (χ3v) is 3.67. The van der Waals surface area contributed by atoms with Gasteiger partial charge in [-0.3, -0.25) is 4.79 Å². The van der Waals surface area contributed by atoms with Crippen LogP contribution in [0.2, 0.25) is 0 Å². The Hall–Kier alpha value is -2.82. The lowest BCUT2D eigenvalue weighted by Crippen LogP contribution is -2.35. The molecule has 0 aliphatic carbocycles. The number of ether oxygens (including phenoxy) is 1. The summed E-state index contributed by atoms with van der Waals surface area (Å²) in [4.78, 5) is 12.1. The number of hydrazone groups is 1. The first-order valence-electron chi connectivity index (χ1n) is 7.81. The third kappa shape index (κ3) is 4.84. The van der Waals surface area contributed by atoms with Gasteiger partial charge in [-0.15, -0.1) is 0 Å². The van der Waals surface area contributed by atoms with Crippen molar-refractivity contribution < 1.29 is 9.53 Å². The zero-order valence-corrected chi connectivity index (χ0v) is 14.5. The molecule has 0 heterocycles. The van der Waals surface area contributed by atoms with Crippen molar-refractivity contribution in [2.75, 3.05) is 12.4 Å². The van der Waals surface area contributed by atoms with Gasteiger partial charge in [0, 0.05) is 5.69 Å². The van der Waals surface area contributed by atoms with E-state index in [0.29, 0.717) is 0 Å². The molecular formula is C19H23N3O2. The molecular weight excluding hydrogens is 302 g/mol. The van der Waals surface area contributed by atoms with Gasteiger partial charge in [0.1, 0.15) is 11.8 Å². The minimum Gasteiger partial charge on any atom is -0.497 e. The standard InChI is InChI=1S/C19H23N3O2/c1-13-5-9-17(10-6-13)20-15(3)19(23)22-21-14(2)16-7-11-18(24-4)12-8-16/h5-12,15,20H,1-4H3,(H,22,23)/t15-/m1/s1. The number of amides is 1. The van der Waals surface area contributed by atoms with Crippen LogP contribution in [-0.4, -0.2) is 24.8 Å². The number of nitrogens with zero attached hydrogens (tertiary/aromatic N) is 1. The zero-order valence-electron chi connectivity index (χ0n) is 14.5. The molecule has 0 bridgehead atoms. The molecule has 24 heavy (non-hydrogen) atoms. The van der Waals surface area contributed by atoms with E-state index in [1.807, 2.05) is 62.4 Å². The van der Waals surface area contributed by atoms with Gasteiger partial charge in [-0.1, -0.05) is 17.7 Å². The van der Waals surface area contributed by atoms with Crippen LogP contribution in [0.1, 0.15) is 25.0 Å². The number of hydrogen-bond donors (Lipinski definition) is 2. The van der Waals surface area contributed by atoms with Gasteiger partial charge < -0.3 is 10.1 Å². The van der Waals surface area contributed by atoms with E-state index in [2.05, 4.69) is 15.8 Å². The minimum absolute atomic E-state index is 0.191. The van der Waals surface area contributed by atoms with E-state index >= 15 is 0 Å². The van der Waals surface area contributed by atoms with Crippen LogP contribution in [0.3, 0.4) is 0 Å². The third-order valence-electron chi connectivity index (χ3n) is 3.67. The van der Waals surface area contributed by atoms with Crippen LogP contribution in [0.4, 0.5) is 5.69 Å². The summed E-state index contributed by atoms with van der Waals surface area (Å²) in [6, 6.07) is 15.0. The Labute approximate surface area is 142 Å². The zero-order chi connectivity index (χ0) is 17.5. The summed E-state index contributed by atoms with van der Waals surface area (Å²) in [6.07, 6.45) is 0. The van der Waals surface area contributed by atoms with Gasteiger partial charge in [-0.05, 0) is 62.7 Å². The molecule has 0 aliphatic heterocycles. The monoisotopic (exact) mass is 325 g/mol. The van der Waals surface area contributed by atoms with E-state index in [4.69, 9.17) is 4.74 Å². The van der Waals surface area contributed by atoms with Crippen molar-refractivity contribution in [3.05, 3.63) is 59.7 Å². The molecule has 2 N–H and O–H groups in total. The second kappa shape index (κ2) is 8.15. The molecule has 0 saturated heterocycles. The summed E-state index contributed by atoms with van der Waals surface area (Å²) in [5.41, 5.74) is 6.33. The molecule has 0 aromatic heterocycles. The maximum atomic E-state index is 12.1. The van der Waals surface area contributed by atoms with E-state index < -0.39 is 0 Å². The average Bonchev–Trinajstić information content (AvgIpc) is 2.61. The lowest BCUT2D eigenvalue weighted by molar-refractivity contribution is -0.121. The van der Waals surface area contributed by atoms with E-state index in [1.165, 1.54) is 5.56 Å². The van der Waals surface area contributed by atoms with Gasteiger partial charge in [-0.25, -0.2) is 5.43 Å². The molecule has 0 unspecified atom stereocenters. The van der Waals surface area contributed by atoms with E-state index in [-0.39, 0.29) is 11.9 Å². The Morgan fingerprint density at radius 1 is 1.08 bits per heavy atom. The van der Waals surface area contributed by atoms with Gasteiger partial charge in [0.15, 0.2) is 0 Å². The molecule has 2 rings (SSSR count). The van der Waals surface area contributed by atoms with Crippen molar-refractivity contribution in [3.8, 4) is 5.75 Å². The molecule has 5 heteroatoms. The first kappa shape index (κ1) is 17.5. The average molecular weight is 325 g/mol. The summed E-state index contributed by atoms with van der Waals surface area (Å²) in [5, 5.41) is 7.31. The van der Waals surface area contributed by atoms with E-state index in [0.717, 1.165) is 22.7 Å². The molecule has 0 spiro atoms. The Morgan fingerprint density at radius 2 is 1.71 bits per heavy atom.